The minimum Gasteiger partial charge on any atom is -0.475 e. The van der Waals surface area contributed by atoms with Gasteiger partial charge in [0.05, 0.1) is 38.5 Å². The van der Waals surface area contributed by atoms with Crippen molar-refractivity contribution >= 4 is 23.5 Å². The molecule has 0 radical (unpaired) electrons. The van der Waals surface area contributed by atoms with Crippen LogP contribution in [0.2, 0.25) is 0 Å². The molecule has 0 fully saturated rings. The fourth-order valence-corrected chi connectivity index (χ4v) is 4.59. The van der Waals surface area contributed by atoms with Gasteiger partial charge in [-0.3, -0.25) is 4.48 Å². The monoisotopic (exact) mass is 482 g/mol. The molecule has 33 heavy (non-hydrogen) atoms. The number of quaternary nitrogens is 1. The van der Waals surface area contributed by atoms with Gasteiger partial charge in [0.25, 0.3) is 5.88 Å². The summed E-state index contributed by atoms with van der Waals surface area (Å²) < 4.78 is 26.4. The van der Waals surface area contributed by atoms with Gasteiger partial charge in [0.15, 0.2) is 0 Å². The summed E-state index contributed by atoms with van der Waals surface area (Å²) in [5.74, 6) is 0.628. The summed E-state index contributed by atoms with van der Waals surface area (Å²) in [5.41, 5.74) is 1.94. The molecule has 0 bridgehead atoms. The van der Waals surface area contributed by atoms with Gasteiger partial charge in [0.2, 0.25) is 6.23 Å². The van der Waals surface area contributed by atoms with E-state index in [9.17, 15) is 4.79 Å². The Morgan fingerprint density at radius 2 is 1.70 bits per heavy atom. The van der Waals surface area contributed by atoms with Gasteiger partial charge >= 0.3 is 6.16 Å². The van der Waals surface area contributed by atoms with Crippen molar-refractivity contribution < 1.29 is 23.5 Å². The van der Waals surface area contributed by atoms with E-state index < -0.39 is 6.16 Å². The average Bonchev–Trinajstić information content (AvgIpc) is 3.27. The number of rotatable bonds is 16. The molecule has 1 aromatic heterocycles. The normalized spacial score (nSPS) is 19.1. The molecule has 0 saturated heterocycles. The lowest BCUT2D eigenvalue weighted by Gasteiger charge is -2.41. The quantitative estimate of drug-likeness (QED) is 0.150. The number of carbonyl (C=O) groups is 1. The molecule has 0 spiro atoms. The lowest BCUT2D eigenvalue weighted by Crippen LogP contribution is -2.55. The summed E-state index contributed by atoms with van der Waals surface area (Å²) in [6, 6.07) is 0. The largest absolute Gasteiger partial charge is 0.512 e. The zero-order valence-corrected chi connectivity index (χ0v) is 22.0. The van der Waals surface area contributed by atoms with Crippen LogP contribution in [0.4, 0.5) is 4.79 Å². The molecule has 8 heteroatoms. The highest BCUT2D eigenvalue weighted by molar-refractivity contribution is 6.99. The van der Waals surface area contributed by atoms with Crippen LogP contribution in [0.25, 0.3) is 5.57 Å². The van der Waals surface area contributed by atoms with E-state index in [2.05, 4.69) is 35.7 Å². The van der Waals surface area contributed by atoms with Gasteiger partial charge in [-0.25, -0.2) is 4.79 Å². The number of hydrogen-bond donors (Lipinski definition) is 0. The smallest absolute Gasteiger partial charge is 0.475 e. The van der Waals surface area contributed by atoms with Crippen LogP contribution in [0.15, 0.2) is 6.08 Å². The summed E-state index contributed by atoms with van der Waals surface area (Å²) in [5, 5.41) is 0. The average molecular weight is 483 g/mol. The maximum absolute atomic E-state index is 12.2. The lowest BCUT2D eigenvalue weighted by molar-refractivity contribution is -0.944. The molecule has 1 aliphatic rings. The molecule has 0 aromatic carbocycles. The Labute approximate surface area is 204 Å². The molecule has 0 aliphatic carbocycles. The van der Waals surface area contributed by atoms with Crippen LogP contribution >= 0.6 is 11.7 Å². The van der Waals surface area contributed by atoms with Gasteiger partial charge in [0.1, 0.15) is 12.2 Å². The molecule has 7 nitrogen and oxygen atoms in total. The van der Waals surface area contributed by atoms with Crippen LogP contribution < -0.4 is 4.74 Å². The number of unbranched alkanes of at least 4 members (excludes halogenated alkanes) is 8. The highest BCUT2D eigenvalue weighted by Crippen LogP contribution is 2.31. The Morgan fingerprint density at radius 1 is 1.03 bits per heavy atom. The first kappa shape index (κ1) is 27.6. The minimum absolute atomic E-state index is 0.309. The Balaban J connectivity index is 1.80. The molecule has 1 aliphatic heterocycles. The number of aromatic nitrogens is 2. The lowest BCUT2D eigenvalue weighted by atomic mass is 10.0. The molecule has 1 aromatic rings. The van der Waals surface area contributed by atoms with Crippen molar-refractivity contribution in [2.45, 2.75) is 97.6 Å². The second kappa shape index (κ2) is 15.3. The molecule has 0 N–H and O–H groups in total. The van der Waals surface area contributed by atoms with E-state index in [1.54, 1.807) is 0 Å². The van der Waals surface area contributed by atoms with Gasteiger partial charge < -0.3 is 14.2 Å². The Morgan fingerprint density at radius 3 is 2.45 bits per heavy atom. The second-order valence-corrected chi connectivity index (χ2v) is 9.82. The van der Waals surface area contributed by atoms with E-state index in [0.717, 1.165) is 43.5 Å². The molecular formula is C25H44N3O4S+. The number of likely N-dealkylation sites (N-methyl/N-ethyl adjacent to an activating group) is 1. The van der Waals surface area contributed by atoms with Crippen molar-refractivity contribution in [3.63, 3.8) is 0 Å². The van der Waals surface area contributed by atoms with Crippen LogP contribution in [0.1, 0.15) is 97.1 Å². The minimum atomic E-state index is -0.571. The molecule has 188 valence electrons. The SMILES string of the molecule is CCCCCCCCOC(=O)O[C@H](C)[N+]1(C)CCC=C(c2nsnc2OCCCCCC)C1. The molecule has 0 amide bonds. The van der Waals surface area contributed by atoms with E-state index in [1.807, 2.05) is 6.92 Å². The predicted octanol–water partition coefficient (Wildman–Crippen LogP) is 6.59. The molecule has 2 atom stereocenters. The Hall–Kier alpha value is -1.67. The van der Waals surface area contributed by atoms with E-state index >= 15 is 0 Å². The maximum Gasteiger partial charge on any atom is 0.512 e. The summed E-state index contributed by atoms with van der Waals surface area (Å²) in [6.07, 6.45) is 13.8. The molecule has 1 unspecified atom stereocenters. The topological polar surface area (TPSA) is 70.5 Å². The van der Waals surface area contributed by atoms with Gasteiger partial charge in [-0.1, -0.05) is 71.3 Å². The first-order valence-electron chi connectivity index (χ1n) is 12.8. The fraction of sp³-hybridized carbons (Fsp3) is 0.800. The van der Waals surface area contributed by atoms with E-state index in [1.165, 1.54) is 56.7 Å². The first-order chi connectivity index (χ1) is 16.0. The van der Waals surface area contributed by atoms with Gasteiger partial charge in [0, 0.05) is 18.9 Å². The third kappa shape index (κ3) is 9.61. The van der Waals surface area contributed by atoms with Gasteiger partial charge in [-0.2, -0.15) is 4.37 Å². The highest BCUT2D eigenvalue weighted by Gasteiger charge is 2.37. The van der Waals surface area contributed by atoms with Crippen molar-refractivity contribution in [1.82, 2.24) is 8.75 Å². The first-order valence-corrected chi connectivity index (χ1v) is 13.6. The van der Waals surface area contributed by atoms with Gasteiger partial charge in [-0.05, 0) is 12.8 Å². The predicted molar refractivity (Wildman–Crippen MR) is 133 cm³/mol. The fourth-order valence-electron chi connectivity index (χ4n) is 4.06. The number of hydrogen-bond acceptors (Lipinski definition) is 7. The van der Waals surface area contributed by atoms with E-state index in [0.29, 0.717) is 30.1 Å². The third-order valence-corrected chi connectivity index (χ3v) is 6.94. The summed E-state index contributed by atoms with van der Waals surface area (Å²) in [6.45, 7) is 9.05. The van der Waals surface area contributed by atoms with Crippen LogP contribution in [0, 0.1) is 0 Å². The molecular weight excluding hydrogens is 438 g/mol. The number of nitrogens with zero attached hydrogens (tertiary/aromatic N) is 3. The molecule has 2 heterocycles. The standard InChI is InChI=1S/C25H44N3O4S/c1-5-7-9-11-12-14-19-31-25(29)32-21(3)28(4)17-15-16-22(20-28)23-24(27-33-26-23)30-18-13-10-8-6-2/h16,21H,5-15,17-20H2,1-4H3/q+1/t21-,28?/m1/s1. The van der Waals surface area contributed by atoms with Crippen LogP contribution in [-0.2, 0) is 9.47 Å². The zero-order chi connectivity index (χ0) is 23.9. The van der Waals surface area contributed by atoms with E-state index in [4.69, 9.17) is 14.2 Å². The van der Waals surface area contributed by atoms with Crippen LogP contribution in [0.5, 0.6) is 5.88 Å². The second-order valence-electron chi connectivity index (χ2n) is 9.29. The Bertz CT molecular complexity index is 724. The molecule has 2 rings (SSSR count). The van der Waals surface area contributed by atoms with Crippen LogP contribution in [0.3, 0.4) is 0 Å². The molecule has 0 saturated carbocycles. The summed E-state index contributed by atoms with van der Waals surface area (Å²) in [7, 11) is 2.11. The zero-order valence-electron chi connectivity index (χ0n) is 21.1. The third-order valence-electron chi connectivity index (χ3n) is 6.42. The summed E-state index contributed by atoms with van der Waals surface area (Å²) in [4.78, 5) is 12.2. The number of carbonyl (C=O) groups excluding carboxylic acids is 1. The van der Waals surface area contributed by atoms with E-state index in [-0.39, 0.29) is 6.23 Å². The summed E-state index contributed by atoms with van der Waals surface area (Å²) >= 11 is 1.19. The van der Waals surface area contributed by atoms with Crippen molar-refractivity contribution in [3.05, 3.63) is 11.8 Å². The van der Waals surface area contributed by atoms with Gasteiger partial charge in [-0.15, -0.1) is 4.37 Å². The van der Waals surface area contributed by atoms with Crippen molar-refractivity contribution in [3.8, 4) is 5.88 Å². The van der Waals surface area contributed by atoms with Crippen LogP contribution in [-0.4, -0.2) is 59.0 Å². The maximum atomic E-state index is 12.2. The van der Waals surface area contributed by atoms with Crippen molar-refractivity contribution in [1.29, 1.82) is 0 Å². The van der Waals surface area contributed by atoms with Crippen molar-refractivity contribution in [2.75, 3.05) is 33.4 Å². The highest BCUT2D eigenvalue weighted by atomic mass is 32.1. The van der Waals surface area contributed by atoms with Crippen molar-refractivity contribution in [2.24, 2.45) is 0 Å². The Kier molecular flexibility index (Phi) is 12.8. The number of ether oxygens (including phenoxy) is 3.